The number of ketones is 1. The summed E-state index contributed by atoms with van der Waals surface area (Å²) in [5, 5.41) is 15.0. The smallest absolute Gasteiger partial charge is 0.157 e. The average molecular weight is 413 g/mol. The van der Waals surface area contributed by atoms with Gasteiger partial charge in [-0.1, -0.05) is 13.8 Å². The van der Waals surface area contributed by atoms with Crippen molar-refractivity contribution in [1.29, 1.82) is 0 Å². The molecule has 4 heteroatoms. The van der Waals surface area contributed by atoms with E-state index in [9.17, 15) is 9.90 Å². The van der Waals surface area contributed by atoms with Crippen LogP contribution in [0.15, 0.2) is 12.4 Å². The zero-order chi connectivity index (χ0) is 21.1. The van der Waals surface area contributed by atoms with Gasteiger partial charge in [0.25, 0.3) is 0 Å². The highest BCUT2D eigenvalue weighted by atomic mass is 16.3. The molecule has 8 unspecified atom stereocenters. The number of carbonyl (C=O) groups excluding carboxylic acids is 1. The lowest BCUT2D eigenvalue weighted by Crippen LogP contribution is -2.51. The minimum Gasteiger partial charge on any atom is -0.390 e. The largest absolute Gasteiger partial charge is 0.390 e. The van der Waals surface area contributed by atoms with Crippen molar-refractivity contribution in [2.45, 2.75) is 97.1 Å². The Balaban J connectivity index is 1.30. The first-order chi connectivity index (χ1) is 14.3. The topological polar surface area (TPSA) is 55.1 Å². The Kier molecular flexibility index (Phi) is 5.16. The van der Waals surface area contributed by atoms with E-state index in [1.165, 1.54) is 44.1 Å². The summed E-state index contributed by atoms with van der Waals surface area (Å²) in [5.41, 5.74) is 0.958. The van der Waals surface area contributed by atoms with E-state index in [0.29, 0.717) is 12.3 Å². The number of aromatic nitrogens is 2. The second kappa shape index (κ2) is 7.46. The number of rotatable bonds is 4. The Hall–Kier alpha value is -1.16. The van der Waals surface area contributed by atoms with Crippen LogP contribution in [0.1, 0.15) is 84.1 Å². The number of hydrogen-bond acceptors (Lipinski definition) is 3. The lowest BCUT2D eigenvalue weighted by molar-refractivity contribution is -0.133. The van der Waals surface area contributed by atoms with Gasteiger partial charge in [0.1, 0.15) is 0 Å². The number of nitrogens with zero attached hydrogens (tertiary/aromatic N) is 2. The summed E-state index contributed by atoms with van der Waals surface area (Å²) in [6, 6.07) is 0. The third kappa shape index (κ3) is 3.38. The highest BCUT2D eigenvalue weighted by Crippen LogP contribution is 2.64. The second-order valence-corrected chi connectivity index (χ2v) is 11.7. The minimum absolute atomic E-state index is 0.186. The van der Waals surface area contributed by atoms with Crippen LogP contribution in [0, 0.1) is 40.9 Å². The SMILES string of the molecule is CCc1cnn(CC(=O)C2CCC3C4CCC5CC(C)(O)CCC5C4CCC23C)c1. The molecule has 4 aliphatic rings. The second-order valence-electron chi connectivity index (χ2n) is 11.7. The normalized spacial score (nSPS) is 45.5. The van der Waals surface area contributed by atoms with E-state index >= 15 is 0 Å². The molecule has 4 aliphatic carbocycles. The third-order valence-electron chi connectivity index (χ3n) is 10.0. The molecule has 1 aromatic heterocycles. The van der Waals surface area contributed by atoms with Crippen molar-refractivity contribution in [3.8, 4) is 0 Å². The molecule has 8 atom stereocenters. The third-order valence-corrected chi connectivity index (χ3v) is 10.0. The molecule has 1 N–H and O–H groups in total. The Morgan fingerprint density at radius 2 is 1.90 bits per heavy atom. The zero-order valence-electron chi connectivity index (χ0n) is 19.1. The highest BCUT2D eigenvalue weighted by molar-refractivity contribution is 5.82. The average Bonchev–Trinajstić information content (AvgIpc) is 3.30. The van der Waals surface area contributed by atoms with Crippen molar-refractivity contribution < 1.29 is 9.90 Å². The monoisotopic (exact) mass is 412 g/mol. The first-order valence-electron chi connectivity index (χ1n) is 12.6. The fraction of sp³-hybridized carbons (Fsp3) is 0.846. The Bertz CT molecular complexity index is 799. The van der Waals surface area contributed by atoms with Gasteiger partial charge in [0.2, 0.25) is 0 Å². The lowest BCUT2D eigenvalue weighted by Gasteiger charge is -2.56. The van der Waals surface area contributed by atoms with Crippen LogP contribution in [-0.2, 0) is 17.8 Å². The molecule has 4 nitrogen and oxygen atoms in total. The van der Waals surface area contributed by atoms with E-state index < -0.39 is 5.60 Å². The van der Waals surface area contributed by atoms with Gasteiger partial charge in [-0.15, -0.1) is 0 Å². The summed E-state index contributed by atoms with van der Waals surface area (Å²) < 4.78 is 1.86. The summed E-state index contributed by atoms with van der Waals surface area (Å²) in [6.07, 6.45) is 15.6. The van der Waals surface area contributed by atoms with E-state index in [1.54, 1.807) is 0 Å². The summed E-state index contributed by atoms with van der Waals surface area (Å²) in [6.45, 7) is 7.07. The molecule has 0 spiro atoms. The van der Waals surface area contributed by atoms with Crippen LogP contribution in [0.25, 0.3) is 0 Å². The molecular formula is C26H40N2O2. The zero-order valence-corrected chi connectivity index (χ0v) is 19.1. The van der Waals surface area contributed by atoms with Crippen LogP contribution in [-0.4, -0.2) is 26.3 Å². The minimum atomic E-state index is -0.438. The van der Waals surface area contributed by atoms with E-state index in [4.69, 9.17) is 0 Å². The predicted octanol–water partition coefficient (Wildman–Crippen LogP) is 5.03. The van der Waals surface area contributed by atoms with Gasteiger partial charge in [-0.3, -0.25) is 9.48 Å². The van der Waals surface area contributed by atoms with Crippen molar-refractivity contribution in [3.05, 3.63) is 18.0 Å². The van der Waals surface area contributed by atoms with E-state index in [2.05, 4.69) is 18.9 Å². The molecule has 0 amide bonds. The molecule has 0 radical (unpaired) electrons. The lowest BCUT2D eigenvalue weighted by atomic mass is 9.49. The molecule has 166 valence electrons. The van der Waals surface area contributed by atoms with Crippen molar-refractivity contribution in [1.82, 2.24) is 9.78 Å². The van der Waals surface area contributed by atoms with Crippen LogP contribution < -0.4 is 0 Å². The molecular weight excluding hydrogens is 372 g/mol. The predicted molar refractivity (Wildman–Crippen MR) is 118 cm³/mol. The fourth-order valence-electron chi connectivity index (χ4n) is 8.56. The highest BCUT2D eigenvalue weighted by Gasteiger charge is 2.58. The van der Waals surface area contributed by atoms with Gasteiger partial charge >= 0.3 is 0 Å². The van der Waals surface area contributed by atoms with Crippen LogP contribution in [0.4, 0.5) is 0 Å². The molecule has 0 saturated heterocycles. The standard InChI is InChI=1S/C26H40N2O2/c1-4-17-14-27-28(15-17)16-24(29)23-8-7-22-21-6-5-18-13-25(2,30)11-9-19(18)20(21)10-12-26(22,23)3/h14-15,18-23,30H,4-13,16H2,1-3H3. The molecule has 0 aromatic carbocycles. The number of fused-ring (bicyclic) bond motifs is 5. The van der Waals surface area contributed by atoms with E-state index in [-0.39, 0.29) is 11.3 Å². The molecule has 0 bridgehead atoms. The molecule has 30 heavy (non-hydrogen) atoms. The molecule has 0 aliphatic heterocycles. The summed E-state index contributed by atoms with van der Waals surface area (Å²) >= 11 is 0. The van der Waals surface area contributed by atoms with Crippen molar-refractivity contribution in [2.75, 3.05) is 0 Å². The van der Waals surface area contributed by atoms with Crippen molar-refractivity contribution >= 4 is 5.78 Å². The molecule has 1 heterocycles. The number of aliphatic hydroxyl groups is 1. The summed E-state index contributed by atoms with van der Waals surface area (Å²) in [5.74, 6) is 4.53. The van der Waals surface area contributed by atoms with Crippen molar-refractivity contribution in [2.24, 2.45) is 40.9 Å². The van der Waals surface area contributed by atoms with Crippen LogP contribution in [0.2, 0.25) is 0 Å². The number of Topliss-reactive ketones (excluding diaryl/α,β-unsaturated/α-hetero) is 1. The molecule has 1 aromatic rings. The summed E-state index contributed by atoms with van der Waals surface area (Å²) in [4.78, 5) is 13.3. The van der Waals surface area contributed by atoms with E-state index in [1.807, 2.05) is 24.0 Å². The quantitative estimate of drug-likeness (QED) is 0.754. The molecule has 5 rings (SSSR count). The van der Waals surface area contributed by atoms with Gasteiger partial charge < -0.3 is 5.11 Å². The maximum atomic E-state index is 13.3. The van der Waals surface area contributed by atoms with Gasteiger partial charge in [-0.2, -0.15) is 5.10 Å². The van der Waals surface area contributed by atoms with Gasteiger partial charge in [0, 0.05) is 12.1 Å². The van der Waals surface area contributed by atoms with Gasteiger partial charge in [-0.05, 0) is 112 Å². The summed E-state index contributed by atoms with van der Waals surface area (Å²) in [7, 11) is 0. The number of aryl methyl sites for hydroxylation is 1. The molecule has 4 saturated carbocycles. The van der Waals surface area contributed by atoms with Crippen LogP contribution in [0.5, 0.6) is 0 Å². The Morgan fingerprint density at radius 1 is 1.10 bits per heavy atom. The first-order valence-corrected chi connectivity index (χ1v) is 12.6. The fourth-order valence-corrected chi connectivity index (χ4v) is 8.56. The van der Waals surface area contributed by atoms with Gasteiger partial charge in [0.05, 0.1) is 18.3 Å². The van der Waals surface area contributed by atoms with Crippen molar-refractivity contribution in [3.63, 3.8) is 0 Å². The Morgan fingerprint density at radius 3 is 2.67 bits per heavy atom. The first kappa shape index (κ1) is 20.7. The van der Waals surface area contributed by atoms with E-state index in [0.717, 1.165) is 55.3 Å². The number of hydrogen-bond donors (Lipinski definition) is 1. The van der Waals surface area contributed by atoms with Crippen LogP contribution in [0.3, 0.4) is 0 Å². The van der Waals surface area contributed by atoms with Gasteiger partial charge in [0.15, 0.2) is 5.78 Å². The Labute approximate surface area is 181 Å². The molecule has 4 fully saturated rings. The van der Waals surface area contributed by atoms with Gasteiger partial charge in [-0.25, -0.2) is 0 Å². The van der Waals surface area contributed by atoms with Crippen LogP contribution >= 0.6 is 0 Å². The number of carbonyl (C=O) groups is 1. The maximum absolute atomic E-state index is 13.3. The maximum Gasteiger partial charge on any atom is 0.157 e.